The minimum atomic E-state index is -0.0712. The Balaban J connectivity index is 2.54. The third-order valence-corrected chi connectivity index (χ3v) is 2.43. The summed E-state index contributed by atoms with van der Waals surface area (Å²) in [7, 11) is 0. The van der Waals surface area contributed by atoms with Gasteiger partial charge >= 0.3 is 6.03 Å². The van der Waals surface area contributed by atoms with E-state index in [1.807, 2.05) is 0 Å². The Bertz CT molecular complexity index is 164. The van der Waals surface area contributed by atoms with Crippen LogP contribution in [-0.2, 0) is 0 Å². The van der Waals surface area contributed by atoms with E-state index in [0.717, 1.165) is 19.5 Å². The lowest BCUT2D eigenvalue weighted by Gasteiger charge is -2.24. The Kier molecular flexibility index (Phi) is 2.94. The van der Waals surface area contributed by atoms with E-state index in [4.69, 9.17) is 0 Å². The van der Waals surface area contributed by atoms with Gasteiger partial charge in [0.2, 0.25) is 0 Å². The van der Waals surface area contributed by atoms with E-state index in [-0.39, 0.29) is 11.6 Å². The molecule has 0 saturated carbocycles. The predicted octanol–water partition coefficient (Wildman–Crippen LogP) is 0.388. The fraction of sp³-hybridized carbons (Fsp3) is 0.833. The van der Waals surface area contributed by atoms with E-state index in [0.29, 0.717) is 0 Å². The first-order chi connectivity index (χ1) is 5.22. The monoisotopic (exact) mass is 269 g/mol. The van der Waals surface area contributed by atoms with Gasteiger partial charge in [-0.1, -0.05) is 6.92 Å². The molecular formula is C6H12IN3O. The van der Waals surface area contributed by atoms with Gasteiger partial charge in [-0.2, -0.15) is 0 Å². The molecule has 0 aliphatic carbocycles. The summed E-state index contributed by atoms with van der Waals surface area (Å²) in [6.45, 7) is 3.60. The number of nitrogens with one attached hydrogen (secondary N) is 3. The van der Waals surface area contributed by atoms with Crippen molar-refractivity contribution in [2.75, 3.05) is 13.1 Å². The molecule has 0 radical (unpaired) electrons. The normalized spacial score (nSPS) is 29.8. The second kappa shape index (κ2) is 3.57. The van der Waals surface area contributed by atoms with Gasteiger partial charge in [-0.05, 0) is 6.42 Å². The Hall–Kier alpha value is -0.0400. The molecule has 3 N–H and O–H groups in total. The van der Waals surface area contributed by atoms with E-state index in [2.05, 4.69) is 44.0 Å². The zero-order valence-corrected chi connectivity index (χ0v) is 8.57. The average molecular weight is 269 g/mol. The van der Waals surface area contributed by atoms with E-state index in [1.54, 1.807) is 0 Å². The highest BCUT2D eigenvalue weighted by Crippen LogP contribution is 2.12. The van der Waals surface area contributed by atoms with Crippen LogP contribution in [-0.4, -0.2) is 24.7 Å². The minimum absolute atomic E-state index is 0.0569. The molecule has 1 heterocycles. The number of hydrogen-bond donors (Lipinski definition) is 3. The van der Waals surface area contributed by atoms with E-state index in [9.17, 15) is 4.79 Å². The standard InChI is InChI=1S/C6H12IN3O/c1-2-6(4-9-7)3-8-5(11)10-6/h9H,2-4H2,1H3,(H2,8,10,11). The number of hydrogen-bond acceptors (Lipinski definition) is 2. The zero-order valence-electron chi connectivity index (χ0n) is 6.41. The van der Waals surface area contributed by atoms with Crippen molar-refractivity contribution in [2.45, 2.75) is 18.9 Å². The molecule has 4 nitrogen and oxygen atoms in total. The Morgan fingerprint density at radius 3 is 2.91 bits per heavy atom. The largest absolute Gasteiger partial charge is 0.336 e. The molecule has 0 aromatic carbocycles. The summed E-state index contributed by atoms with van der Waals surface area (Å²) in [5, 5.41) is 5.65. The highest BCUT2D eigenvalue weighted by Gasteiger charge is 2.35. The fourth-order valence-corrected chi connectivity index (χ4v) is 1.88. The smallest absolute Gasteiger partial charge is 0.315 e. The van der Waals surface area contributed by atoms with Crippen molar-refractivity contribution in [1.29, 1.82) is 0 Å². The molecule has 0 spiro atoms. The molecule has 1 aliphatic heterocycles. The molecule has 0 bridgehead atoms. The molecule has 1 aliphatic rings. The van der Waals surface area contributed by atoms with Gasteiger partial charge in [0, 0.05) is 36.0 Å². The molecule has 1 rings (SSSR count). The third kappa shape index (κ3) is 1.96. The number of carbonyl (C=O) groups is 1. The first-order valence-electron chi connectivity index (χ1n) is 3.62. The van der Waals surface area contributed by atoms with Crippen molar-refractivity contribution >= 4 is 28.9 Å². The maximum absolute atomic E-state index is 10.8. The molecule has 11 heavy (non-hydrogen) atoms. The first-order valence-corrected chi connectivity index (χ1v) is 4.70. The number of amides is 2. The summed E-state index contributed by atoms with van der Waals surface area (Å²) in [5.41, 5.74) is -0.0712. The van der Waals surface area contributed by atoms with Gasteiger partial charge < -0.3 is 10.6 Å². The lowest BCUT2D eigenvalue weighted by atomic mass is 9.98. The first kappa shape index (κ1) is 9.05. The van der Waals surface area contributed by atoms with Crippen LogP contribution in [0.3, 0.4) is 0 Å². The summed E-state index contributed by atoms with van der Waals surface area (Å²) in [4.78, 5) is 10.8. The molecule has 1 fully saturated rings. The topological polar surface area (TPSA) is 53.2 Å². The number of urea groups is 1. The van der Waals surface area contributed by atoms with Gasteiger partial charge in [-0.3, -0.25) is 3.53 Å². The van der Waals surface area contributed by atoms with Gasteiger partial charge in [0.25, 0.3) is 0 Å². The molecule has 0 aromatic rings. The average Bonchev–Trinajstić information content (AvgIpc) is 2.34. The van der Waals surface area contributed by atoms with E-state index in [1.165, 1.54) is 0 Å². The SMILES string of the molecule is CCC1(CNI)CNC(=O)N1. The quantitative estimate of drug-likeness (QED) is 0.512. The third-order valence-electron chi connectivity index (χ3n) is 2.05. The van der Waals surface area contributed by atoms with Gasteiger partial charge in [0.05, 0.1) is 5.54 Å². The molecular weight excluding hydrogens is 257 g/mol. The minimum Gasteiger partial charge on any atom is -0.336 e. The summed E-state index contributed by atoms with van der Waals surface area (Å²) in [6, 6.07) is -0.0569. The van der Waals surface area contributed by atoms with Crippen molar-refractivity contribution in [3.8, 4) is 0 Å². The highest BCUT2D eigenvalue weighted by atomic mass is 127. The lowest BCUT2D eigenvalue weighted by molar-refractivity contribution is 0.244. The Labute approximate surface area is 80.0 Å². The highest BCUT2D eigenvalue weighted by molar-refractivity contribution is 14.1. The van der Waals surface area contributed by atoms with Gasteiger partial charge in [0.1, 0.15) is 0 Å². The van der Waals surface area contributed by atoms with Crippen LogP contribution in [0.25, 0.3) is 0 Å². The van der Waals surface area contributed by atoms with Crippen LogP contribution >= 0.6 is 22.9 Å². The van der Waals surface area contributed by atoms with Gasteiger partial charge in [-0.25, -0.2) is 4.79 Å². The van der Waals surface area contributed by atoms with Crippen molar-refractivity contribution in [3.05, 3.63) is 0 Å². The lowest BCUT2D eigenvalue weighted by Crippen LogP contribution is -2.49. The molecule has 2 amide bonds. The number of halogens is 1. The summed E-state index contributed by atoms with van der Waals surface area (Å²) >= 11 is 2.09. The van der Waals surface area contributed by atoms with Crippen molar-refractivity contribution in [1.82, 2.24) is 14.2 Å². The molecule has 0 aromatic heterocycles. The van der Waals surface area contributed by atoms with Crippen LogP contribution in [0.4, 0.5) is 4.79 Å². The summed E-state index contributed by atoms with van der Waals surface area (Å²) in [6.07, 6.45) is 0.946. The predicted molar refractivity (Wildman–Crippen MR) is 51.6 cm³/mol. The van der Waals surface area contributed by atoms with Crippen LogP contribution in [0, 0.1) is 0 Å². The van der Waals surface area contributed by atoms with Crippen LogP contribution in [0.2, 0.25) is 0 Å². The van der Waals surface area contributed by atoms with Crippen LogP contribution in [0.15, 0.2) is 0 Å². The van der Waals surface area contributed by atoms with Crippen LogP contribution in [0.1, 0.15) is 13.3 Å². The van der Waals surface area contributed by atoms with E-state index >= 15 is 0 Å². The van der Waals surface area contributed by atoms with Gasteiger partial charge in [-0.15, -0.1) is 0 Å². The molecule has 1 atom stereocenters. The second-order valence-corrected chi connectivity index (χ2v) is 3.51. The van der Waals surface area contributed by atoms with Crippen molar-refractivity contribution < 1.29 is 4.79 Å². The van der Waals surface area contributed by atoms with Crippen molar-refractivity contribution in [2.24, 2.45) is 0 Å². The number of rotatable bonds is 3. The molecule has 1 saturated heterocycles. The van der Waals surface area contributed by atoms with Crippen LogP contribution in [0.5, 0.6) is 0 Å². The summed E-state index contributed by atoms with van der Waals surface area (Å²) < 4.78 is 3.04. The van der Waals surface area contributed by atoms with Crippen molar-refractivity contribution in [3.63, 3.8) is 0 Å². The van der Waals surface area contributed by atoms with E-state index < -0.39 is 0 Å². The van der Waals surface area contributed by atoms with Crippen LogP contribution < -0.4 is 14.2 Å². The summed E-state index contributed by atoms with van der Waals surface area (Å²) in [5.74, 6) is 0. The molecule has 1 unspecified atom stereocenters. The zero-order chi connectivity index (χ0) is 8.32. The maximum atomic E-state index is 10.8. The number of carbonyl (C=O) groups excluding carboxylic acids is 1. The Morgan fingerprint density at radius 1 is 1.82 bits per heavy atom. The molecule has 64 valence electrons. The molecule has 5 heteroatoms. The maximum Gasteiger partial charge on any atom is 0.315 e. The Morgan fingerprint density at radius 2 is 2.55 bits per heavy atom. The second-order valence-electron chi connectivity index (χ2n) is 2.75. The van der Waals surface area contributed by atoms with Gasteiger partial charge in [0.15, 0.2) is 0 Å². The fourth-order valence-electron chi connectivity index (χ4n) is 1.15.